The highest BCUT2D eigenvalue weighted by Gasteiger charge is 2.12. The fourth-order valence-corrected chi connectivity index (χ4v) is 3.07. The Morgan fingerprint density at radius 1 is 1.21 bits per heavy atom. The zero-order valence-electron chi connectivity index (χ0n) is 13.6. The van der Waals surface area contributed by atoms with Crippen molar-refractivity contribution in [2.24, 2.45) is 0 Å². The first-order valence-electron chi connectivity index (χ1n) is 7.71. The van der Waals surface area contributed by atoms with Crippen LogP contribution in [-0.2, 0) is 4.74 Å². The summed E-state index contributed by atoms with van der Waals surface area (Å²) in [5, 5.41) is 32.1. The van der Waals surface area contributed by atoms with Crippen molar-refractivity contribution in [2.45, 2.75) is 25.0 Å². The first-order valence-corrected chi connectivity index (χ1v) is 8.59. The molecule has 0 aliphatic carbocycles. The highest BCUT2D eigenvalue weighted by Crippen LogP contribution is 2.27. The van der Waals surface area contributed by atoms with Crippen LogP contribution in [0.5, 0.6) is 5.75 Å². The monoisotopic (exact) mass is 346 g/mol. The van der Waals surface area contributed by atoms with Gasteiger partial charge >= 0.3 is 0 Å². The summed E-state index contributed by atoms with van der Waals surface area (Å²) in [6.07, 6.45) is 1.08. The number of aromatic hydroxyl groups is 1. The van der Waals surface area contributed by atoms with Crippen LogP contribution >= 0.6 is 11.3 Å². The van der Waals surface area contributed by atoms with Crippen molar-refractivity contribution in [3.05, 3.63) is 69.6 Å². The topological polar surface area (TPSA) is 69.9 Å². The van der Waals surface area contributed by atoms with Gasteiger partial charge in [-0.05, 0) is 29.2 Å². The number of ether oxygens (including phenoxy) is 1. The Kier molecular flexibility index (Phi) is 7.25. The molecular formula is C19H22O4S. The molecule has 0 spiro atoms. The van der Waals surface area contributed by atoms with Crippen LogP contribution in [0, 0.1) is 0 Å². The van der Waals surface area contributed by atoms with Gasteiger partial charge in [-0.25, -0.2) is 0 Å². The zero-order chi connectivity index (χ0) is 17.4. The number of phenolic OH excluding ortho intramolecular Hbond substituents is 1. The molecule has 0 amide bonds. The van der Waals surface area contributed by atoms with E-state index in [-0.39, 0.29) is 5.75 Å². The van der Waals surface area contributed by atoms with Crippen LogP contribution in [0.4, 0.5) is 0 Å². The first-order chi connectivity index (χ1) is 11.6. The van der Waals surface area contributed by atoms with E-state index in [0.717, 1.165) is 10.5 Å². The van der Waals surface area contributed by atoms with Crippen molar-refractivity contribution < 1.29 is 20.1 Å². The Morgan fingerprint density at radius 2 is 2.00 bits per heavy atom. The lowest BCUT2D eigenvalue weighted by Crippen LogP contribution is -2.01. The van der Waals surface area contributed by atoms with Crippen molar-refractivity contribution in [1.29, 1.82) is 0 Å². The molecule has 2 aromatic rings. The van der Waals surface area contributed by atoms with Crippen molar-refractivity contribution >= 4 is 11.3 Å². The molecule has 3 N–H and O–H groups in total. The van der Waals surface area contributed by atoms with Gasteiger partial charge < -0.3 is 20.1 Å². The van der Waals surface area contributed by atoms with Crippen molar-refractivity contribution in [2.75, 3.05) is 13.7 Å². The Labute approximate surface area is 146 Å². The lowest BCUT2D eigenvalue weighted by molar-refractivity contribution is 0.167. The summed E-state index contributed by atoms with van der Waals surface area (Å²) in [7, 11) is 1.59. The number of hydrogen-bond donors (Lipinski definition) is 3. The van der Waals surface area contributed by atoms with E-state index in [1.165, 1.54) is 11.3 Å². The molecule has 2 rings (SSSR count). The fourth-order valence-electron chi connectivity index (χ4n) is 2.36. The molecule has 0 unspecified atom stereocenters. The maximum Gasteiger partial charge on any atom is 0.121 e. The molecule has 0 aliphatic heterocycles. The van der Waals surface area contributed by atoms with Crippen LogP contribution in [-0.4, -0.2) is 29.0 Å². The summed E-state index contributed by atoms with van der Waals surface area (Å²) in [4.78, 5) is 0.902. The lowest BCUT2D eigenvalue weighted by Gasteiger charge is -2.11. The largest absolute Gasteiger partial charge is 0.508 e. The standard InChI is InChI=1S/C19H22O4S/c1-23-13-14(12-18(22)19-10-5-11-24-19)6-4-9-17(21)15-7-2-3-8-16(15)20/h2-5,7-8,10-11,17-18,20-22H,9,12-13H2,1H3/t6?,17-,18-/m1/s1. The van der Waals surface area contributed by atoms with Crippen molar-refractivity contribution in [3.63, 3.8) is 0 Å². The normalized spacial score (nSPS) is 13.1. The van der Waals surface area contributed by atoms with Gasteiger partial charge in [0.1, 0.15) is 5.75 Å². The Bertz CT molecular complexity index is 687. The zero-order valence-corrected chi connectivity index (χ0v) is 14.4. The van der Waals surface area contributed by atoms with E-state index in [1.54, 1.807) is 37.5 Å². The molecule has 0 bridgehead atoms. The average molecular weight is 346 g/mol. The maximum atomic E-state index is 10.2. The second kappa shape index (κ2) is 9.42. The molecule has 0 radical (unpaired) electrons. The summed E-state index contributed by atoms with van der Waals surface area (Å²) < 4.78 is 5.15. The van der Waals surface area contributed by atoms with Crippen LogP contribution in [0.2, 0.25) is 0 Å². The highest BCUT2D eigenvalue weighted by atomic mass is 32.1. The summed E-state index contributed by atoms with van der Waals surface area (Å²) in [6.45, 7) is 0.367. The van der Waals surface area contributed by atoms with E-state index in [0.29, 0.717) is 25.0 Å². The average Bonchev–Trinajstić information content (AvgIpc) is 3.10. The molecule has 24 heavy (non-hydrogen) atoms. The Balaban J connectivity index is 2.03. The molecule has 1 aromatic heterocycles. The fraction of sp³-hybridized carbons (Fsp3) is 0.316. The molecule has 2 atom stereocenters. The first kappa shape index (κ1) is 18.5. The molecule has 5 heteroatoms. The van der Waals surface area contributed by atoms with Gasteiger partial charge in [-0.1, -0.05) is 24.3 Å². The summed E-state index contributed by atoms with van der Waals surface area (Å²) in [5.74, 6) is 0.0765. The van der Waals surface area contributed by atoms with E-state index >= 15 is 0 Å². The molecule has 1 heterocycles. The Hall–Kier alpha value is -1.88. The smallest absolute Gasteiger partial charge is 0.121 e. The number of aliphatic hydroxyl groups excluding tert-OH is 2. The second-order valence-electron chi connectivity index (χ2n) is 5.43. The summed E-state index contributed by atoms with van der Waals surface area (Å²) >= 11 is 1.51. The molecule has 0 saturated heterocycles. The van der Waals surface area contributed by atoms with Gasteiger partial charge in [0, 0.05) is 30.4 Å². The third-order valence-electron chi connectivity index (χ3n) is 3.57. The van der Waals surface area contributed by atoms with Gasteiger partial charge in [-0.15, -0.1) is 17.1 Å². The van der Waals surface area contributed by atoms with Crippen LogP contribution in [0.15, 0.2) is 59.2 Å². The maximum absolute atomic E-state index is 10.2. The van der Waals surface area contributed by atoms with Crippen LogP contribution < -0.4 is 0 Å². The van der Waals surface area contributed by atoms with Gasteiger partial charge in [0.25, 0.3) is 0 Å². The van der Waals surface area contributed by atoms with E-state index in [1.807, 2.05) is 17.5 Å². The highest BCUT2D eigenvalue weighted by molar-refractivity contribution is 7.10. The predicted molar refractivity (Wildman–Crippen MR) is 95.1 cm³/mol. The number of thiophene rings is 1. The summed E-state index contributed by atoms with van der Waals surface area (Å²) in [5.41, 5.74) is 4.41. The molecule has 0 saturated carbocycles. The van der Waals surface area contributed by atoms with Crippen molar-refractivity contribution in [3.8, 4) is 5.75 Å². The minimum absolute atomic E-state index is 0.0765. The van der Waals surface area contributed by atoms with E-state index in [2.05, 4.69) is 5.73 Å². The molecular weight excluding hydrogens is 324 g/mol. The molecule has 0 aliphatic rings. The second-order valence-corrected chi connectivity index (χ2v) is 6.41. The van der Waals surface area contributed by atoms with E-state index in [9.17, 15) is 15.3 Å². The number of phenols is 1. The number of hydrogen-bond acceptors (Lipinski definition) is 5. The minimum atomic E-state index is -0.801. The Morgan fingerprint density at radius 3 is 2.67 bits per heavy atom. The van der Waals surface area contributed by atoms with Gasteiger partial charge in [0.2, 0.25) is 0 Å². The number of rotatable bonds is 8. The third kappa shape index (κ3) is 5.34. The van der Waals surface area contributed by atoms with Gasteiger partial charge in [0.05, 0.1) is 18.8 Å². The minimum Gasteiger partial charge on any atom is -0.508 e. The van der Waals surface area contributed by atoms with Crippen LogP contribution in [0.25, 0.3) is 0 Å². The van der Waals surface area contributed by atoms with Crippen molar-refractivity contribution in [1.82, 2.24) is 0 Å². The number of aliphatic hydroxyl groups is 2. The number of benzene rings is 1. The summed E-state index contributed by atoms with van der Waals surface area (Å²) in [6, 6.07) is 10.5. The predicted octanol–water partition coefficient (Wildman–Crippen LogP) is 3.73. The van der Waals surface area contributed by atoms with Gasteiger partial charge in [0.15, 0.2) is 0 Å². The third-order valence-corrected chi connectivity index (χ3v) is 4.55. The van der Waals surface area contributed by atoms with Gasteiger partial charge in [-0.2, -0.15) is 0 Å². The van der Waals surface area contributed by atoms with Crippen LogP contribution in [0.1, 0.15) is 35.5 Å². The number of para-hydroxylation sites is 1. The SMILES string of the molecule is COCC(=C=CC[C@@H](O)c1ccccc1O)C[C@@H](O)c1cccs1. The lowest BCUT2D eigenvalue weighted by atomic mass is 10.0. The number of methoxy groups -OCH3 is 1. The molecule has 4 nitrogen and oxygen atoms in total. The molecule has 0 fully saturated rings. The molecule has 1 aromatic carbocycles. The quantitative estimate of drug-likeness (QED) is 0.637. The molecule has 128 valence electrons. The van der Waals surface area contributed by atoms with E-state index in [4.69, 9.17) is 4.74 Å². The van der Waals surface area contributed by atoms with Gasteiger partial charge in [-0.3, -0.25) is 0 Å². The van der Waals surface area contributed by atoms with E-state index < -0.39 is 12.2 Å². The van der Waals surface area contributed by atoms with Crippen LogP contribution in [0.3, 0.4) is 0 Å².